The lowest BCUT2D eigenvalue weighted by atomic mass is 9.93. The molecule has 0 unspecified atom stereocenters. The SMILES string of the molecule is CC[C@@H](C(=O)N[C@@H](C)c1cc(C(C)C)c(OC)cc1C)N(c1cc(Cl)cc(Cl)c1)S(C)(=O)=O. The molecule has 2 aromatic rings. The zero-order valence-electron chi connectivity index (χ0n) is 20.1. The summed E-state index contributed by atoms with van der Waals surface area (Å²) >= 11 is 12.2. The van der Waals surface area contributed by atoms with Crippen molar-refractivity contribution in [3.63, 3.8) is 0 Å². The van der Waals surface area contributed by atoms with Crippen molar-refractivity contribution in [1.29, 1.82) is 0 Å². The summed E-state index contributed by atoms with van der Waals surface area (Å²) in [5.74, 6) is 0.629. The van der Waals surface area contributed by atoms with E-state index in [0.29, 0.717) is 0 Å². The molecule has 2 aromatic carbocycles. The van der Waals surface area contributed by atoms with Crippen molar-refractivity contribution >= 4 is 44.8 Å². The number of nitrogens with one attached hydrogen (secondary N) is 1. The number of benzene rings is 2. The van der Waals surface area contributed by atoms with E-state index in [1.807, 2.05) is 26.0 Å². The number of amides is 1. The summed E-state index contributed by atoms with van der Waals surface area (Å²) < 4.78 is 32.0. The number of methoxy groups -OCH3 is 1. The van der Waals surface area contributed by atoms with Gasteiger partial charge in [-0.1, -0.05) is 44.0 Å². The van der Waals surface area contributed by atoms with Crippen molar-refractivity contribution in [3.8, 4) is 5.75 Å². The maximum atomic E-state index is 13.3. The van der Waals surface area contributed by atoms with Crippen LogP contribution in [0, 0.1) is 6.92 Å². The molecule has 0 saturated carbocycles. The van der Waals surface area contributed by atoms with Gasteiger partial charge in [0.2, 0.25) is 15.9 Å². The van der Waals surface area contributed by atoms with Crippen LogP contribution < -0.4 is 14.4 Å². The van der Waals surface area contributed by atoms with Crippen molar-refractivity contribution in [2.24, 2.45) is 0 Å². The van der Waals surface area contributed by atoms with E-state index < -0.39 is 22.0 Å². The van der Waals surface area contributed by atoms with Crippen LogP contribution in [0.2, 0.25) is 10.0 Å². The molecule has 6 nitrogen and oxygen atoms in total. The molecule has 0 heterocycles. The maximum absolute atomic E-state index is 13.3. The zero-order chi connectivity index (χ0) is 25.1. The fraction of sp³-hybridized carbons (Fsp3) is 0.458. The summed E-state index contributed by atoms with van der Waals surface area (Å²) in [4.78, 5) is 13.3. The predicted molar refractivity (Wildman–Crippen MR) is 136 cm³/mol. The van der Waals surface area contributed by atoms with Gasteiger partial charge in [0.25, 0.3) is 0 Å². The fourth-order valence-electron chi connectivity index (χ4n) is 3.92. The van der Waals surface area contributed by atoms with E-state index in [4.69, 9.17) is 27.9 Å². The van der Waals surface area contributed by atoms with E-state index >= 15 is 0 Å². The van der Waals surface area contributed by atoms with Crippen molar-refractivity contribution in [2.45, 2.75) is 59.0 Å². The molecule has 0 aliphatic rings. The average molecular weight is 516 g/mol. The van der Waals surface area contributed by atoms with E-state index in [2.05, 4.69) is 19.2 Å². The maximum Gasteiger partial charge on any atom is 0.244 e. The lowest BCUT2D eigenvalue weighted by molar-refractivity contribution is -0.122. The summed E-state index contributed by atoms with van der Waals surface area (Å²) in [6.45, 7) is 9.75. The first kappa shape index (κ1) is 27.3. The Morgan fingerprint density at radius 1 is 1.06 bits per heavy atom. The Hall–Kier alpha value is -1.96. The van der Waals surface area contributed by atoms with Crippen LogP contribution in [0.4, 0.5) is 5.69 Å². The van der Waals surface area contributed by atoms with E-state index in [1.54, 1.807) is 14.0 Å². The molecule has 0 aliphatic heterocycles. The number of hydrogen-bond donors (Lipinski definition) is 1. The highest BCUT2D eigenvalue weighted by Crippen LogP contribution is 2.33. The first-order chi connectivity index (χ1) is 15.3. The minimum atomic E-state index is -3.80. The monoisotopic (exact) mass is 514 g/mol. The molecule has 0 aromatic heterocycles. The highest BCUT2D eigenvalue weighted by Gasteiger charge is 2.33. The van der Waals surface area contributed by atoms with Crippen LogP contribution in [-0.2, 0) is 14.8 Å². The van der Waals surface area contributed by atoms with Crippen molar-refractivity contribution in [1.82, 2.24) is 5.32 Å². The highest BCUT2D eigenvalue weighted by atomic mass is 35.5. The molecule has 1 amide bonds. The second-order valence-corrected chi connectivity index (χ2v) is 11.2. The summed E-state index contributed by atoms with van der Waals surface area (Å²) in [5, 5.41) is 3.56. The van der Waals surface area contributed by atoms with E-state index in [1.165, 1.54) is 18.2 Å². The van der Waals surface area contributed by atoms with Gasteiger partial charge >= 0.3 is 0 Å². The Bertz CT molecular complexity index is 1100. The van der Waals surface area contributed by atoms with Gasteiger partial charge in [0.1, 0.15) is 11.8 Å². The third-order valence-electron chi connectivity index (χ3n) is 5.50. The average Bonchev–Trinajstić information content (AvgIpc) is 2.69. The van der Waals surface area contributed by atoms with Gasteiger partial charge in [-0.3, -0.25) is 9.10 Å². The highest BCUT2D eigenvalue weighted by molar-refractivity contribution is 7.92. The summed E-state index contributed by atoms with van der Waals surface area (Å²) in [5.41, 5.74) is 3.20. The lowest BCUT2D eigenvalue weighted by Crippen LogP contribution is -2.49. The number of aryl methyl sites for hydroxylation is 1. The Balaban J connectivity index is 2.42. The van der Waals surface area contributed by atoms with E-state index in [9.17, 15) is 13.2 Å². The Labute approximate surface area is 207 Å². The standard InChI is InChI=1S/C24H32Cl2N2O4S/c1-8-22(28(33(7,30)31)19-11-17(25)10-18(26)12-19)24(29)27-16(5)21-13-20(14(2)3)23(32-6)9-15(21)4/h9-14,16,22H,8H2,1-7H3,(H,27,29)/t16-,22-/m0/s1. The molecule has 0 saturated heterocycles. The van der Waals surface area contributed by atoms with Crippen LogP contribution in [0.25, 0.3) is 0 Å². The van der Waals surface area contributed by atoms with Gasteiger partial charge in [0.05, 0.1) is 25.1 Å². The predicted octanol–water partition coefficient (Wildman–Crippen LogP) is 5.86. The van der Waals surface area contributed by atoms with Crippen molar-refractivity contribution in [2.75, 3.05) is 17.7 Å². The van der Waals surface area contributed by atoms with Crippen LogP contribution in [-0.4, -0.2) is 33.7 Å². The number of carbonyl (C=O) groups is 1. The minimum Gasteiger partial charge on any atom is -0.496 e. The quantitative estimate of drug-likeness (QED) is 0.454. The Kier molecular flexibility index (Phi) is 9.08. The lowest BCUT2D eigenvalue weighted by Gasteiger charge is -2.31. The zero-order valence-corrected chi connectivity index (χ0v) is 22.4. The molecule has 182 valence electrons. The van der Waals surface area contributed by atoms with Crippen LogP contribution in [0.5, 0.6) is 5.75 Å². The molecule has 2 rings (SSSR count). The molecule has 0 fully saturated rings. The van der Waals surface area contributed by atoms with Crippen LogP contribution in [0.15, 0.2) is 30.3 Å². The Morgan fingerprint density at radius 2 is 1.64 bits per heavy atom. The summed E-state index contributed by atoms with van der Waals surface area (Å²) in [7, 11) is -2.17. The first-order valence-electron chi connectivity index (χ1n) is 10.7. The molecule has 0 spiro atoms. The van der Waals surface area contributed by atoms with E-state index in [-0.39, 0.29) is 34.1 Å². The molecule has 0 aliphatic carbocycles. The minimum absolute atomic E-state index is 0.235. The molecule has 1 N–H and O–H groups in total. The number of sulfonamides is 1. The number of halogens is 2. The molecule has 2 atom stereocenters. The van der Waals surface area contributed by atoms with Gasteiger partial charge < -0.3 is 10.1 Å². The smallest absolute Gasteiger partial charge is 0.244 e. The molecule has 0 bridgehead atoms. The molecule has 0 radical (unpaired) electrons. The van der Waals surface area contributed by atoms with E-state index in [0.717, 1.165) is 33.0 Å². The van der Waals surface area contributed by atoms with Crippen molar-refractivity contribution in [3.05, 3.63) is 57.1 Å². The number of ether oxygens (including phenoxy) is 1. The van der Waals surface area contributed by atoms with Gasteiger partial charge in [-0.25, -0.2) is 8.42 Å². The molecular formula is C24H32Cl2N2O4S. The summed E-state index contributed by atoms with van der Waals surface area (Å²) in [6.07, 6.45) is 1.32. The number of nitrogens with zero attached hydrogens (tertiary/aromatic N) is 1. The topological polar surface area (TPSA) is 75.7 Å². The third kappa shape index (κ3) is 6.55. The molecule has 9 heteroatoms. The van der Waals surface area contributed by atoms with Gasteiger partial charge in [-0.2, -0.15) is 0 Å². The van der Waals surface area contributed by atoms with Gasteiger partial charge in [0.15, 0.2) is 0 Å². The van der Waals surface area contributed by atoms with Crippen LogP contribution in [0.1, 0.15) is 62.8 Å². The third-order valence-corrected chi connectivity index (χ3v) is 7.11. The largest absolute Gasteiger partial charge is 0.496 e. The van der Waals surface area contributed by atoms with Crippen LogP contribution >= 0.6 is 23.2 Å². The van der Waals surface area contributed by atoms with Gasteiger partial charge in [-0.15, -0.1) is 0 Å². The van der Waals surface area contributed by atoms with Crippen molar-refractivity contribution < 1.29 is 17.9 Å². The normalized spacial score (nSPS) is 13.5. The second kappa shape index (κ2) is 11.0. The van der Waals surface area contributed by atoms with Crippen LogP contribution in [0.3, 0.4) is 0 Å². The van der Waals surface area contributed by atoms with Gasteiger partial charge in [0, 0.05) is 10.0 Å². The number of anilines is 1. The van der Waals surface area contributed by atoms with Gasteiger partial charge in [-0.05, 0) is 73.2 Å². The first-order valence-corrected chi connectivity index (χ1v) is 13.3. The number of rotatable bonds is 9. The molecule has 33 heavy (non-hydrogen) atoms. The summed E-state index contributed by atoms with van der Waals surface area (Å²) in [6, 6.07) is 7.15. The molecular weight excluding hydrogens is 483 g/mol. The second-order valence-electron chi connectivity index (χ2n) is 8.45. The number of carbonyl (C=O) groups excluding carboxylic acids is 1. The Morgan fingerprint density at radius 3 is 2.09 bits per heavy atom. The fourth-order valence-corrected chi connectivity index (χ4v) is 5.63. The number of hydrogen-bond acceptors (Lipinski definition) is 4.